The molecule has 3 atom stereocenters. The molecule has 1 amide bonds. The van der Waals surface area contributed by atoms with E-state index in [0.29, 0.717) is 17.4 Å². The topological polar surface area (TPSA) is 105 Å². The lowest BCUT2D eigenvalue weighted by molar-refractivity contribution is -0.870. The third-order valence-electron chi connectivity index (χ3n) is 13.0. The Morgan fingerprint density at radius 1 is 0.479 bits per heavy atom. The van der Waals surface area contributed by atoms with Crippen LogP contribution in [0.15, 0.2) is 97.2 Å². The molecule has 0 fully saturated rings. The Bertz CT molecular complexity index is 1510. The van der Waals surface area contributed by atoms with Gasteiger partial charge in [0, 0.05) is 6.42 Å². The average Bonchev–Trinajstić information content (AvgIpc) is 3.35. The van der Waals surface area contributed by atoms with Crippen LogP contribution in [0.25, 0.3) is 0 Å². The fraction of sp³-hybridized carbons (Fsp3) is 0.734. The number of nitrogens with zero attached hydrogens (tertiary/aromatic N) is 1. The van der Waals surface area contributed by atoms with Crippen molar-refractivity contribution in [3.05, 3.63) is 97.2 Å². The first-order chi connectivity index (χ1) is 35.5. The molecular formula is C64H116N2O6P+. The third kappa shape index (κ3) is 57.0. The number of hydrogen-bond acceptors (Lipinski definition) is 5. The maximum absolute atomic E-state index is 13.0. The van der Waals surface area contributed by atoms with Crippen LogP contribution in [-0.4, -0.2) is 73.4 Å². The number of carbonyl (C=O) groups is 1. The smallest absolute Gasteiger partial charge is 0.387 e. The Kier molecular flexibility index (Phi) is 52.3. The molecule has 0 saturated heterocycles. The fourth-order valence-electron chi connectivity index (χ4n) is 8.36. The van der Waals surface area contributed by atoms with E-state index in [9.17, 15) is 19.4 Å². The predicted octanol–water partition coefficient (Wildman–Crippen LogP) is 18.6. The van der Waals surface area contributed by atoms with Gasteiger partial charge in [0.1, 0.15) is 13.2 Å². The Balaban J connectivity index is 4.09. The molecule has 0 aromatic rings. The van der Waals surface area contributed by atoms with E-state index in [1.807, 2.05) is 27.2 Å². The zero-order valence-electron chi connectivity index (χ0n) is 48.1. The van der Waals surface area contributed by atoms with Crippen LogP contribution in [0.3, 0.4) is 0 Å². The van der Waals surface area contributed by atoms with Gasteiger partial charge in [0.05, 0.1) is 39.9 Å². The maximum atomic E-state index is 13.0. The van der Waals surface area contributed by atoms with Gasteiger partial charge in [-0.15, -0.1) is 0 Å². The van der Waals surface area contributed by atoms with Crippen molar-refractivity contribution in [2.45, 2.75) is 264 Å². The molecule has 9 heteroatoms. The molecule has 0 saturated carbocycles. The summed E-state index contributed by atoms with van der Waals surface area (Å²) in [7, 11) is 1.55. The Morgan fingerprint density at radius 3 is 1.26 bits per heavy atom. The second-order valence-corrected chi connectivity index (χ2v) is 22.8. The van der Waals surface area contributed by atoms with Crippen LogP contribution in [0.2, 0.25) is 0 Å². The van der Waals surface area contributed by atoms with Crippen LogP contribution < -0.4 is 5.32 Å². The highest BCUT2D eigenvalue weighted by Crippen LogP contribution is 2.43. The van der Waals surface area contributed by atoms with Gasteiger partial charge < -0.3 is 19.8 Å². The van der Waals surface area contributed by atoms with Crippen molar-refractivity contribution in [3.63, 3.8) is 0 Å². The summed E-state index contributed by atoms with van der Waals surface area (Å²) in [5.41, 5.74) is 0. The number of carbonyl (C=O) groups excluding carboxylic acids is 1. The fourth-order valence-corrected chi connectivity index (χ4v) is 9.09. The second-order valence-electron chi connectivity index (χ2n) is 21.3. The zero-order chi connectivity index (χ0) is 53.5. The molecule has 0 aliphatic rings. The number of allylic oxidation sites excluding steroid dienone is 15. The Labute approximate surface area is 451 Å². The van der Waals surface area contributed by atoms with E-state index < -0.39 is 20.0 Å². The van der Waals surface area contributed by atoms with E-state index >= 15 is 0 Å². The van der Waals surface area contributed by atoms with E-state index in [0.717, 1.165) is 77.0 Å². The van der Waals surface area contributed by atoms with Crippen LogP contribution in [0.4, 0.5) is 0 Å². The molecule has 0 bridgehead atoms. The average molecular weight is 1040 g/mol. The molecular weight excluding hydrogens is 924 g/mol. The first-order valence-electron chi connectivity index (χ1n) is 30.1. The standard InChI is InChI=1S/C64H115N2O6P/c1-6-8-10-12-14-16-18-20-22-24-25-26-27-28-29-30-31-32-33-34-35-36-37-38-39-40-41-42-44-46-48-50-52-54-56-58-64(68)65-62(61-72-73(69,70)71-60-59-66(3,4)5)63(67)57-55-53-51-49-47-45-43-23-21-19-17-15-13-11-9-7-2/h8,10,14,16,20,22,25-26,28-29,31-32,47,49,55,57,62-63,67H,6-7,9,11-13,15,17-19,21,23-24,27,30,33-46,48,50-54,56,58-61H2,1-5H3,(H-,65,68,69,70)/p+1/b10-8-,16-14-,22-20-,26-25-,29-28-,32-31-,49-47+,57-55+. The lowest BCUT2D eigenvalue weighted by Gasteiger charge is -2.25. The van der Waals surface area contributed by atoms with Crippen molar-refractivity contribution >= 4 is 13.7 Å². The molecule has 0 heterocycles. The SMILES string of the molecule is CC/C=C\C/C=C\C/C=C\C/C=C\C/C=C\C/C=C\CCCCCCCCCCCCCCCCCCC(=O)NC(COP(=O)(O)OCC[N+](C)(C)C)C(O)/C=C/CC/C=C/CCCCCCCCCCCC. The van der Waals surface area contributed by atoms with E-state index in [1.54, 1.807) is 6.08 Å². The van der Waals surface area contributed by atoms with Gasteiger partial charge in [-0.25, -0.2) is 4.57 Å². The quantitative estimate of drug-likeness (QED) is 0.0243. The van der Waals surface area contributed by atoms with Crippen LogP contribution in [0.1, 0.15) is 251 Å². The van der Waals surface area contributed by atoms with Crippen LogP contribution in [0, 0.1) is 0 Å². The number of aliphatic hydroxyl groups is 1. The molecule has 0 radical (unpaired) electrons. The van der Waals surface area contributed by atoms with Gasteiger partial charge in [-0.2, -0.15) is 0 Å². The van der Waals surface area contributed by atoms with Crippen LogP contribution >= 0.6 is 7.82 Å². The van der Waals surface area contributed by atoms with Crippen molar-refractivity contribution in [3.8, 4) is 0 Å². The Hall–Kier alpha value is -2.58. The summed E-state index contributed by atoms with van der Waals surface area (Å²) in [4.78, 5) is 23.3. The van der Waals surface area contributed by atoms with Gasteiger partial charge in [0.15, 0.2) is 0 Å². The number of phosphoric acid groups is 1. The van der Waals surface area contributed by atoms with Crippen molar-refractivity contribution in [2.75, 3.05) is 40.9 Å². The highest BCUT2D eigenvalue weighted by molar-refractivity contribution is 7.47. The molecule has 3 N–H and O–H groups in total. The molecule has 0 aliphatic carbocycles. The van der Waals surface area contributed by atoms with E-state index in [2.05, 4.69) is 104 Å². The number of hydrogen-bond donors (Lipinski definition) is 3. The van der Waals surface area contributed by atoms with E-state index in [4.69, 9.17) is 9.05 Å². The maximum Gasteiger partial charge on any atom is 0.472 e. The summed E-state index contributed by atoms with van der Waals surface area (Å²) < 4.78 is 23.7. The number of nitrogens with one attached hydrogen (secondary N) is 1. The number of quaternary nitrogens is 1. The highest BCUT2D eigenvalue weighted by atomic mass is 31.2. The van der Waals surface area contributed by atoms with Gasteiger partial charge in [-0.05, 0) is 83.5 Å². The molecule has 0 rings (SSSR count). The molecule has 73 heavy (non-hydrogen) atoms. The summed E-state index contributed by atoms with van der Waals surface area (Å²) in [5, 5.41) is 13.9. The van der Waals surface area contributed by atoms with Crippen molar-refractivity contribution in [1.29, 1.82) is 0 Å². The number of unbranched alkanes of at least 4 members (excludes halogenated alkanes) is 27. The lowest BCUT2D eigenvalue weighted by Crippen LogP contribution is -2.45. The third-order valence-corrected chi connectivity index (χ3v) is 14.0. The highest BCUT2D eigenvalue weighted by Gasteiger charge is 2.27. The van der Waals surface area contributed by atoms with Gasteiger partial charge in [0.2, 0.25) is 5.91 Å². The molecule has 0 aromatic heterocycles. The number of phosphoric ester groups is 1. The minimum atomic E-state index is -4.36. The molecule has 0 aromatic carbocycles. The summed E-state index contributed by atoms with van der Waals surface area (Å²) in [6.45, 7) is 4.68. The Morgan fingerprint density at radius 2 is 0.836 bits per heavy atom. The van der Waals surface area contributed by atoms with Gasteiger partial charge >= 0.3 is 7.82 Å². The van der Waals surface area contributed by atoms with E-state index in [1.165, 1.54) is 154 Å². The summed E-state index contributed by atoms with van der Waals surface area (Å²) in [6.07, 6.45) is 78.1. The number of rotatable bonds is 54. The predicted molar refractivity (Wildman–Crippen MR) is 318 cm³/mol. The van der Waals surface area contributed by atoms with Gasteiger partial charge in [-0.3, -0.25) is 13.8 Å². The minimum Gasteiger partial charge on any atom is -0.387 e. The lowest BCUT2D eigenvalue weighted by atomic mass is 10.0. The molecule has 8 nitrogen and oxygen atoms in total. The number of likely N-dealkylation sites (N-methyl/N-ethyl adjacent to an activating group) is 1. The number of aliphatic hydroxyl groups excluding tert-OH is 1. The molecule has 0 spiro atoms. The first kappa shape index (κ1) is 70.4. The number of amides is 1. The van der Waals surface area contributed by atoms with Crippen molar-refractivity contribution < 1.29 is 32.9 Å². The summed E-state index contributed by atoms with van der Waals surface area (Å²) in [5.74, 6) is -0.188. The molecule has 0 aliphatic heterocycles. The van der Waals surface area contributed by atoms with Crippen molar-refractivity contribution in [1.82, 2.24) is 5.32 Å². The summed E-state index contributed by atoms with van der Waals surface area (Å²) in [6, 6.07) is -0.867. The first-order valence-corrected chi connectivity index (χ1v) is 31.6. The monoisotopic (exact) mass is 1040 g/mol. The molecule has 3 unspecified atom stereocenters. The minimum absolute atomic E-state index is 0.0535. The molecule has 422 valence electrons. The van der Waals surface area contributed by atoms with Gasteiger partial charge in [0.25, 0.3) is 0 Å². The van der Waals surface area contributed by atoms with Gasteiger partial charge in [-0.1, -0.05) is 259 Å². The normalized spacial score (nSPS) is 14.6. The summed E-state index contributed by atoms with van der Waals surface area (Å²) >= 11 is 0. The zero-order valence-corrected chi connectivity index (χ0v) is 49.0. The van der Waals surface area contributed by atoms with Crippen LogP contribution in [-0.2, 0) is 18.4 Å². The van der Waals surface area contributed by atoms with E-state index in [-0.39, 0.29) is 19.1 Å². The second kappa shape index (κ2) is 54.2. The van der Waals surface area contributed by atoms with Crippen molar-refractivity contribution in [2.24, 2.45) is 0 Å². The van der Waals surface area contributed by atoms with Crippen LogP contribution in [0.5, 0.6) is 0 Å². The largest absolute Gasteiger partial charge is 0.472 e.